The highest BCUT2D eigenvalue weighted by Gasteiger charge is 2.46. The van der Waals surface area contributed by atoms with Gasteiger partial charge in [-0.15, -0.1) is 0 Å². The van der Waals surface area contributed by atoms with Crippen molar-refractivity contribution in [1.29, 1.82) is 0 Å². The Bertz CT molecular complexity index is 5070. The van der Waals surface area contributed by atoms with E-state index in [2.05, 4.69) is 50.8 Å². The predicted octanol–water partition coefficient (Wildman–Crippen LogP) is 11.6. The van der Waals surface area contributed by atoms with Crippen LogP contribution in [0.4, 0.5) is 17.5 Å². The second-order valence-electron chi connectivity index (χ2n) is 26.4. The number of pyridine rings is 1. The standard InChI is InChI=1S/C27H28N6O3.C26H26N6O2.C24H25N7O/c1-17-4-2-3-5-21(17)26(34)29-15-18-6-8-19(9-7-18)23-22-24(28)30-16-31-25(22)33(32-23)20-10-11-27(14-20)35-12-13-36-27;1-16-4-2-3-5-21(16)26(34)28-14-17-6-8-18(9-7-17)23-22-24(27)29-15-30-25(22)32(31-23)19-10-12-20(33)13-11-19;1-15-10-11-26-13-19(15)24(32)27-12-16-6-8-17(9-7-16)21-20-22(25)28-14-29-23(20)31(30-21)18-4-2-3-5-18/h2-9,16,20H,10-15H2,1H3,(H,29,34)(H2,28,30,31);2-9,15,19H,10-14H2,1H3,(H,28,34)(H2,27,29,30);6-11,13-14,18H,2-5,12H2,1H3,(H,27,32)(H2,25,28,29). The van der Waals surface area contributed by atoms with Crippen molar-refractivity contribution in [3.63, 3.8) is 0 Å². The van der Waals surface area contributed by atoms with Gasteiger partial charge in [0.05, 0.1) is 53.1 Å². The van der Waals surface area contributed by atoms with Crippen molar-refractivity contribution in [2.45, 2.75) is 135 Å². The second-order valence-corrected chi connectivity index (χ2v) is 26.4. The van der Waals surface area contributed by atoms with Crippen LogP contribution in [0.2, 0.25) is 0 Å². The van der Waals surface area contributed by atoms with Gasteiger partial charge >= 0.3 is 0 Å². The Morgan fingerprint density at radius 2 is 0.853 bits per heavy atom. The Labute approximate surface area is 588 Å². The number of benzene rings is 5. The number of amides is 3. The molecule has 3 amide bonds. The number of nitrogens with two attached hydrogens (primary N) is 3. The first kappa shape index (κ1) is 67.5. The summed E-state index contributed by atoms with van der Waals surface area (Å²) in [4.78, 5) is 79.4. The van der Waals surface area contributed by atoms with Crippen LogP contribution in [0, 0.1) is 20.8 Å². The van der Waals surface area contributed by atoms with Crippen molar-refractivity contribution in [2.75, 3.05) is 30.4 Å². The number of ketones is 1. The number of ether oxygens (including phenoxy) is 2. The summed E-state index contributed by atoms with van der Waals surface area (Å²) < 4.78 is 17.7. The van der Waals surface area contributed by atoms with E-state index in [1.807, 2.05) is 162 Å². The molecule has 16 rings (SSSR count). The minimum atomic E-state index is -0.508. The monoisotopic (exact) mass is 1370 g/mol. The number of aromatic nitrogens is 13. The summed E-state index contributed by atoms with van der Waals surface area (Å²) in [6, 6.07) is 41.3. The van der Waals surface area contributed by atoms with E-state index in [9.17, 15) is 19.2 Å². The molecule has 9 N–H and O–H groups in total. The molecular weight excluding hydrogens is 1290 g/mol. The third kappa shape index (κ3) is 14.3. The molecule has 1 unspecified atom stereocenters. The summed E-state index contributed by atoms with van der Waals surface area (Å²) in [7, 11) is 0. The van der Waals surface area contributed by atoms with E-state index >= 15 is 0 Å². The minimum Gasteiger partial charge on any atom is -0.383 e. The summed E-state index contributed by atoms with van der Waals surface area (Å²) in [5.41, 5.74) is 33.7. The predicted molar refractivity (Wildman–Crippen MR) is 388 cm³/mol. The molecular formula is C77H79N19O6. The second kappa shape index (κ2) is 29.6. The molecule has 1 atom stereocenters. The Morgan fingerprint density at radius 3 is 1.26 bits per heavy atom. The zero-order valence-electron chi connectivity index (χ0n) is 57.1. The number of nitrogen functional groups attached to an aromatic ring is 3. The number of aryl methyl sites for hydroxylation is 3. The molecule has 4 aliphatic rings. The number of nitrogens with one attached hydrogen (secondary N) is 3. The summed E-state index contributed by atoms with van der Waals surface area (Å²) in [5.74, 6) is 0.700. The summed E-state index contributed by atoms with van der Waals surface area (Å²) in [6.45, 7) is 8.29. The molecule has 0 bridgehead atoms. The molecule has 25 heteroatoms. The Kier molecular flexibility index (Phi) is 19.6. The van der Waals surface area contributed by atoms with Gasteiger partial charge in [-0.1, -0.05) is 122 Å². The fourth-order valence-electron chi connectivity index (χ4n) is 14.1. The first-order valence-corrected chi connectivity index (χ1v) is 34.6. The largest absolute Gasteiger partial charge is 0.383 e. The van der Waals surface area contributed by atoms with Crippen LogP contribution in [0.3, 0.4) is 0 Å². The van der Waals surface area contributed by atoms with Crippen LogP contribution >= 0.6 is 0 Å². The maximum Gasteiger partial charge on any atom is 0.253 e. The van der Waals surface area contributed by atoms with Gasteiger partial charge in [-0.25, -0.2) is 43.9 Å². The van der Waals surface area contributed by atoms with Gasteiger partial charge < -0.3 is 42.6 Å². The van der Waals surface area contributed by atoms with E-state index in [4.69, 9.17) is 42.0 Å². The van der Waals surface area contributed by atoms with Gasteiger partial charge in [0.1, 0.15) is 59.3 Å². The molecule has 1 aliphatic heterocycles. The van der Waals surface area contributed by atoms with Crippen molar-refractivity contribution < 1.29 is 28.7 Å². The molecule has 12 aromatic rings. The number of carbonyl (C=O) groups excluding carboxylic acids is 4. The third-order valence-corrected chi connectivity index (χ3v) is 19.8. The number of nitrogens with zero attached hydrogens (tertiary/aromatic N) is 13. The lowest BCUT2D eigenvalue weighted by molar-refractivity contribution is -0.152. The highest BCUT2D eigenvalue weighted by atomic mass is 16.7. The molecule has 4 fully saturated rings. The maximum absolute atomic E-state index is 12.6. The molecule has 5 aromatic carbocycles. The summed E-state index contributed by atoms with van der Waals surface area (Å²) in [6.07, 6.45) is 17.4. The van der Waals surface area contributed by atoms with Gasteiger partial charge in [-0.2, -0.15) is 15.3 Å². The lowest BCUT2D eigenvalue weighted by Crippen LogP contribution is -2.26. The van der Waals surface area contributed by atoms with Crippen molar-refractivity contribution >= 4 is 74.1 Å². The fraction of sp³-hybridized carbons (Fsp3) is 0.299. The number of anilines is 3. The fourth-order valence-corrected chi connectivity index (χ4v) is 14.1. The third-order valence-electron chi connectivity index (χ3n) is 19.8. The molecule has 1 saturated heterocycles. The SMILES string of the molecule is Cc1ccccc1C(=O)NCc1ccc(-c2nn(C3CCC(=O)CC3)c3ncnc(N)c23)cc1.Cc1ccccc1C(=O)NCc1ccc(-c2nn(C3CCC4(C3)OCCO4)c3ncnc(N)c23)cc1.Cc1ccncc1C(=O)NCc1ccc(-c2nn(C3CCCC3)c3ncnc(N)c23)cc1. The van der Waals surface area contributed by atoms with E-state index in [1.54, 1.807) is 12.4 Å². The smallest absolute Gasteiger partial charge is 0.253 e. The molecule has 25 nitrogen and oxygen atoms in total. The number of rotatable bonds is 15. The van der Waals surface area contributed by atoms with E-state index in [0.717, 1.165) is 134 Å². The van der Waals surface area contributed by atoms with Gasteiger partial charge in [0, 0.05) is 85.5 Å². The van der Waals surface area contributed by atoms with Crippen LogP contribution in [-0.2, 0) is 33.9 Å². The number of hydrogen-bond donors (Lipinski definition) is 6. The number of carbonyl (C=O) groups is 4. The molecule has 3 aliphatic carbocycles. The van der Waals surface area contributed by atoms with Gasteiger partial charge in [-0.3, -0.25) is 24.2 Å². The van der Waals surface area contributed by atoms with Crippen LogP contribution in [0.15, 0.2) is 159 Å². The quantitative estimate of drug-likeness (QED) is 0.0555. The number of Topliss-reactive ketones (excluding diaryl/α,β-unsaturated/α-hetero) is 1. The van der Waals surface area contributed by atoms with Gasteiger partial charge in [0.25, 0.3) is 17.7 Å². The van der Waals surface area contributed by atoms with Gasteiger partial charge in [-0.05, 0) is 104 Å². The lowest BCUT2D eigenvalue weighted by atomic mass is 9.94. The van der Waals surface area contributed by atoms with Crippen molar-refractivity contribution in [3.05, 3.63) is 209 Å². The minimum absolute atomic E-state index is 0.0867. The first-order chi connectivity index (χ1) is 49.7. The highest BCUT2D eigenvalue weighted by molar-refractivity contribution is 6.01. The van der Waals surface area contributed by atoms with E-state index in [-0.39, 0.29) is 29.8 Å². The molecule has 102 heavy (non-hydrogen) atoms. The zero-order valence-corrected chi connectivity index (χ0v) is 57.1. The molecule has 0 radical (unpaired) electrons. The molecule has 518 valence electrons. The van der Waals surface area contributed by atoms with Gasteiger partial charge in [0.15, 0.2) is 22.7 Å². The zero-order chi connectivity index (χ0) is 70.4. The van der Waals surface area contributed by atoms with Crippen LogP contribution in [0.25, 0.3) is 66.9 Å². The summed E-state index contributed by atoms with van der Waals surface area (Å²) >= 11 is 0. The van der Waals surface area contributed by atoms with Crippen molar-refractivity contribution in [3.8, 4) is 33.8 Å². The maximum atomic E-state index is 12.6. The van der Waals surface area contributed by atoms with Crippen LogP contribution in [-0.4, -0.2) is 107 Å². The molecule has 3 saturated carbocycles. The Balaban J connectivity index is 0.000000130. The topological polar surface area (TPSA) is 345 Å². The average Bonchev–Trinajstić information content (AvgIpc) is 1.71. The molecule has 7 aromatic heterocycles. The first-order valence-electron chi connectivity index (χ1n) is 34.6. The van der Waals surface area contributed by atoms with Crippen LogP contribution in [0.1, 0.15) is 153 Å². The van der Waals surface area contributed by atoms with Gasteiger partial charge in [0.2, 0.25) is 0 Å². The Morgan fingerprint density at radius 1 is 0.471 bits per heavy atom. The van der Waals surface area contributed by atoms with Crippen LogP contribution < -0.4 is 33.2 Å². The van der Waals surface area contributed by atoms with E-state index < -0.39 is 5.79 Å². The Hall–Kier alpha value is -11.7. The number of fused-ring (bicyclic) bond motifs is 3. The average molecular weight is 1370 g/mol. The lowest BCUT2D eigenvalue weighted by Gasteiger charge is -2.21. The van der Waals surface area contributed by atoms with Crippen LogP contribution in [0.5, 0.6) is 0 Å². The highest BCUT2D eigenvalue weighted by Crippen LogP contribution is 2.45. The summed E-state index contributed by atoms with van der Waals surface area (Å²) in [5, 5.41) is 25.9. The number of hydrogen-bond acceptors (Lipinski definition) is 19. The van der Waals surface area contributed by atoms with Crippen molar-refractivity contribution in [1.82, 2.24) is 80.2 Å². The molecule has 8 heterocycles. The van der Waals surface area contributed by atoms with Crippen molar-refractivity contribution in [2.24, 2.45) is 0 Å². The van der Waals surface area contributed by atoms with E-state index in [1.165, 1.54) is 31.8 Å². The molecule has 1 spiro atoms. The normalized spacial score (nSPS) is 15.9. The van der Waals surface area contributed by atoms with E-state index in [0.29, 0.717) is 103 Å².